The van der Waals surface area contributed by atoms with Crippen LogP contribution in [0.15, 0.2) is 36.4 Å². The Morgan fingerprint density at radius 1 is 1.27 bits per heavy atom. The van der Waals surface area contributed by atoms with Gasteiger partial charge < -0.3 is 10.6 Å². The monoisotopic (exact) mass is 318 g/mol. The van der Waals surface area contributed by atoms with Crippen molar-refractivity contribution in [2.45, 2.75) is 31.8 Å². The van der Waals surface area contributed by atoms with Crippen LogP contribution in [0.5, 0.6) is 0 Å². The highest BCUT2D eigenvalue weighted by Gasteiger charge is 2.23. The maximum atomic E-state index is 13.0. The summed E-state index contributed by atoms with van der Waals surface area (Å²) in [5.41, 5.74) is 0.929. The van der Waals surface area contributed by atoms with Crippen molar-refractivity contribution in [2.24, 2.45) is 0 Å². The molecule has 1 aliphatic rings. The minimum atomic E-state index is -0.253. The van der Waals surface area contributed by atoms with Crippen LogP contribution in [0.25, 0.3) is 10.4 Å². The van der Waals surface area contributed by atoms with Crippen molar-refractivity contribution in [3.05, 3.63) is 47.1 Å². The van der Waals surface area contributed by atoms with Crippen LogP contribution in [-0.2, 0) is 0 Å². The molecule has 0 saturated carbocycles. The second-order valence-electron chi connectivity index (χ2n) is 5.64. The zero-order valence-corrected chi connectivity index (χ0v) is 13.3. The molecule has 5 heteroatoms. The zero-order chi connectivity index (χ0) is 15.5. The summed E-state index contributed by atoms with van der Waals surface area (Å²) in [6.45, 7) is 3.11. The quantitative estimate of drug-likeness (QED) is 0.910. The van der Waals surface area contributed by atoms with E-state index < -0.39 is 0 Å². The number of hydrogen-bond acceptors (Lipinski definition) is 3. The Hall–Kier alpha value is -1.72. The predicted molar refractivity (Wildman–Crippen MR) is 87.7 cm³/mol. The zero-order valence-electron chi connectivity index (χ0n) is 12.4. The molecule has 3 rings (SSSR count). The van der Waals surface area contributed by atoms with Crippen molar-refractivity contribution in [1.82, 2.24) is 10.6 Å². The normalized spacial score (nSPS) is 21.5. The van der Waals surface area contributed by atoms with Gasteiger partial charge in [0.2, 0.25) is 0 Å². The number of carbonyl (C=O) groups is 1. The molecule has 1 aromatic carbocycles. The van der Waals surface area contributed by atoms with Crippen LogP contribution >= 0.6 is 11.3 Å². The Bertz CT molecular complexity index is 653. The van der Waals surface area contributed by atoms with Crippen LogP contribution in [0.3, 0.4) is 0 Å². The molecule has 1 aliphatic heterocycles. The maximum Gasteiger partial charge on any atom is 0.261 e. The largest absolute Gasteiger partial charge is 0.347 e. The lowest BCUT2D eigenvalue weighted by Crippen LogP contribution is -2.51. The highest BCUT2D eigenvalue weighted by molar-refractivity contribution is 7.17. The molecule has 3 nitrogen and oxygen atoms in total. The van der Waals surface area contributed by atoms with Gasteiger partial charge in [0.25, 0.3) is 5.91 Å². The van der Waals surface area contributed by atoms with E-state index >= 15 is 0 Å². The molecule has 2 aromatic rings. The van der Waals surface area contributed by atoms with Gasteiger partial charge in [0.1, 0.15) is 5.82 Å². The van der Waals surface area contributed by atoms with E-state index in [0.717, 1.165) is 29.8 Å². The molecule has 1 fully saturated rings. The Morgan fingerprint density at radius 2 is 2.05 bits per heavy atom. The summed E-state index contributed by atoms with van der Waals surface area (Å²) < 4.78 is 13.0. The van der Waals surface area contributed by atoms with Crippen molar-refractivity contribution in [3.8, 4) is 10.4 Å². The van der Waals surface area contributed by atoms with Gasteiger partial charge in [-0.3, -0.25) is 4.79 Å². The molecule has 1 saturated heterocycles. The van der Waals surface area contributed by atoms with E-state index in [1.54, 1.807) is 12.1 Å². The van der Waals surface area contributed by atoms with Gasteiger partial charge in [-0.2, -0.15) is 0 Å². The second kappa shape index (κ2) is 6.58. The second-order valence-corrected chi connectivity index (χ2v) is 6.72. The number of thiophene rings is 1. The number of benzene rings is 1. The lowest BCUT2D eigenvalue weighted by atomic mass is 10.00. The Morgan fingerprint density at radius 3 is 2.77 bits per heavy atom. The molecule has 116 valence electrons. The number of nitrogens with one attached hydrogen (secondary N) is 2. The molecule has 0 radical (unpaired) electrons. The summed E-state index contributed by atoms with van der Waals surface area (Å²) in [6, 6.07) is 10.6. The first-order valence-corrected chi connectivity index (χ1v) is 8.35. The molecule has 22 heavy (non-hydrogen) atoms. The maximum absolute atomic E-state index is 13.0. The Balaban J connectivity index is 1.70. The smallest absolute Gasteiger partial charge is 0.261 e. The van der Waals surface area contributed by atoms with Gasteiger partial charge in [0.15, 0.2) is 0 Å². The molecule has 1 amide bonds. The van der Waals surface area contributed by atoms with Crippen LogP contribution in [0, 0.1) is 5.82 Å². The first-order valence-electron chi connectivity index (χ1n) is 7.53. The molecule has 2 unspecified atom stereocenters. The molecule has 0 bridgehead atoms. The number of hydrogen-bond donors (Lipinski definition) is 2. The highest BCUT2D eigenvalue weighted by atomic mass is 32.1. The van der Waals surface area contributed by atoms with E-state index in [1.807, 2.05) is 12.1 Å². The Labute approximate surface area is 133 Å². The minimum absolute atomic E-state index is 0.0288. The predicted octanol–water partition coefficient (Wildman–Crippen LogP) is 3.42. The van der Waals surface area contributed by atoms with E-state index in [-0.39, 0.29) is 17.8 Å². The average Bonchev–Trinajstić information content (AvgIpc) is 3.00. The number of piperidine rings is 1. The summed E-state index contributed by atoms with van der Waals surface area (Å²) >= 11 is 1.43. The fraction of sp³-hybridized carbons (Fsp3) is 0.353. The van der Waals surface area contributed by atoms with Crippen molar-refractivity contribution in [3.63, 3.8) is 0 Å². The van der Waals surface area contributed by atoms with Crippen molar-refractivity contribution in [2.75, 3.05) is 6.54 Å². The molecule has 2 heterocycles. The van der Waals surface area contributed by atoms with Gasteiger partial charge in [-0.25, -0.2) is 4.39 Å². The molecular weight excluding hydrogens is 299 g/mol. The van der Waals surface area contributed by atoms with Crippen LogP contribution in [0.1, 0.15) is 29.4 Å². The molecule has 2 N–H and O–H groups in total. The van der Waals surface area contributed by atoms with Gasteiger partial charge in [-0.15, -0.1) is 11.3 Å². The minimum Gasteiger partial charge on any atom is -0.347 e. The first kappa shape index (κ1) is 15.2. The standard InChI is InChI=1S/C17H19FN2OS/c1-11-14(3-2-10-19-11)20-17(21)16-9-8-15(22-16)12-4-6-13(18)7-5-12/h4-9,11,14,19H,2-3,10H2,1H3,(H,20,21). The fourth-order valence-electron chi connectivity index (χ4n) is 2.71. The first-order chi connectivity index (χ1) is 10.6. The van der Waals surface area contributed by atoms with E-state index in [1.165, 1.54) is 23.5 Å². The molecule has 0 spiro atoms. The summed E-state index contributed by atoms with van der Waals surface area (Å²) in [5, 5.41) is 6.49. The summed E-state index contributed by atoms with van der Waals surface area (Å²) in [5.74, 6) is -0.282. The SMILES string of the molecule is CC1NCCCC1NC(=O)c1ccc(-c2ccc(F)cc2)s1. The third-order valence-corrected chi connectivity index (χ3v) is 5.17. The van der Waals surface area contributed by atoms with Crippen LogP contribution in [-0.4, -0.2) is 24.5 Å². The van der Waals surface area contributed by atoms with Crippen LogP contribution in [0.4, 0.5) is 4.39 Å². The Kier molecular flexibility index (Phi) is 4.55. The number of amides is 1. The topological polar surface area (TPSA) is 41.1 Å². The van der Waals surface area contributed by atoms with E-state index in [9.17, 15) is 9.18 Å². The van der Waals surface area contributed by atoms with Gasteiger partial charge >= 0.3 is 0 Å². The summed E-state index contributed by atoms with van der Waals surface area (Å²) in [7, 11) is 0. The number of halogens is 1. The third-order valence-electron chi connectivity index (χ3n) is 4.04. The van der Waals surface area contributed by atoms with Crippen molar-refractivity contribution in [1.29, 1.82) is 0 Å². The molecule has 0 aliphatic carbocycles. The van der Waals surface area contributed by atoms with Gasteiger partial charge in [0, 0.05) is 17.0 Å². The van der Waals surface area contributed by atoms with Gasteiger partial charge in [-0.05, 0) is 56.1 Å². The van der Waals surface area contributed by atoms with E-state index in [2.05, 4.69) is 17.6 Å². The van der Waals surface area contributed by atoms with Crippen LogP contribution in [0.2, 0.25) is 0 Å². The molecule has 1 aromatic heterocycles. The van der Waals surface area contributed by atoms with Crippen LogP contribution < -0.4 is 10.6 Å². The lowest BCUT2D eigenvalue weighted by Gasteiger charge is -2.30. The van der Waals surface area contributed by atoms with Crippen molar-refractivity contribution < 1.29 is 9.18 Å². The molecule has 2 atom stereocenters. The lowest BCUT2D eigenvalue weighted by molar-refractivity contribution is 0.0924. The van der Waals surface area contributed by atoms with Gasteiger partial charge in [0.05, 0.1) is 4.88 Å². The summed E-state index contributed by atoms with van der Waals surface area (Å²) in [4.78, 5) is 14.0. The summed E-state index contributed by atoms with van der Waals surface area (Å²) in [6.07, 6.45) is 2.09. The number of carbonyl (C=O) groups excluding carboxylic acids is 1. The third kappa shape index (κ3) is 3.36. The van der Waals surface area contributed by atoms with E-state index in [4.69, 9.17) is 0 Å². The van der Waals surface area contributed by atoms with E-state index in [0.29, 0.717) is 10.9 Å². The number of rotatable bonds is 3. The van der Waals surface area contributed by atoms with Gasteiger partial charge in [-0.1, -0.05) is 12.1 Å². The fourth-order valence-corrected chi connectivity index (χ4v) is 3.62. The average molecular weight is 318 g/mol. The molecular formula is C17H19FN2OS. The highest BCUT2D eigenvalue weighted by Crippen LogP contribution is 2.28. The van der Waals surface area contributed by atoms with Crippen molar-refractivity contribution >= 4 is 17.2 Å².